The quantitative estimate of drug-likeness (QED) is 0.617. The Labute approximate surface area is 146 Å². The fraction of sp³-hybridized carbons (Fsp3) is 0.333. The van der Waals surface area contributed by atoms with Crippen molar-refractivity contribution < 1.29 is 9.53 Å². The molecule has 1 unspecified atom stereocenters. The van der Waals surface area contributed by atoms with Gasteiger partial charge in [-0.15, -0.1) is 5.10 Å². The highest BCUT2D eigenvalue weighted by molar-refractivity contribution is 5.72. The van der Waals surface area contributed by atoms with Crippen LogP contribution < -0.4 is 0 Å². The van der Waals surface area contributed by atoms with E-state index in [2.05, 4.69) is 15.4 Å². The van der Waals surface area contributed by atoms with Crippen molar-refractivity contribution in [2.45, 2.75) is 26.3 Å². The first-order valence-corrected chi connectivity index (χ1v) is 8.25. The molecule has 7 heteroatoms. The van der Waals surface area contributed by atoms with Gasteiger partial charge in [0, 0.05) is 24.4 Å². The van der Waals surface area contributed by atoms with Crippen molar-refractivity contribution in [3.63, 3.8) is 0 Å². The van der Waals surface area contributed by atoms with Crippen LogP contribution in [-0.4, -0.2) is 37.9 Å². The van der Waals surface area contributed by atoms with E-state index in [0.29, 0.717) is 19.4 Å². The molecule has 2 heterocycles. The van der Waals surface area contributed by atoms with Crippen LogP contribution in [0.3, 0.4) is 0 Å². The van der Waals surface area contributed by atoms with Crippen LogP contribution in [0.4, 0.5) is 0 Å². The number of aromatic nitrogens is 5. The predicted octanol–water partition coefficient (Wildman–Crippen LogP) is 2.25. The van der Waals surface area contributed by atoms with Gasteiger partial charge in [0.25, 0.3) is 0 Å². The molecule has 3 aromatic rings. The molecule has 0 aliphatic carbocycles. The van der Waals surface area contributed by atoms with Crippen molar-refractivity contribution in [3.8, 4) is 5.69 Å². The van der Waals surface area contributed by atoms with Crippen LogP contribution in [0.15, 0.2) is 48.9 Å². The summed E-state index contributed by atoms with van der Waals surface area (Å²) >= 11 is 0. The number of carbonyl (C=O) groups is 1. The number of benzene rings is 1. The SMILES string of the molecule is CCC(Cc1cn(Cc2cnn(-c3ccccc3)c2)nn1)C(=O)OC. The maximum atomic E-state index is 11.7. The summed E-state index contributed by atoms with van der Waals surface area (Å²) in [6.45, 7) is 2.54. The van der Waals surface area contributed by atoms with E-state index in [9.17, 15) is 4.79 Å². The third kappa shape index (κ3) is 4.12. The third-order valence-electron chi connectivity index (χ3n) is 4.07. The number of methoxy groups -OCH3 is 1. The van der Waals surface area contributed by atoms with E-state index < -0.39 is 0 Å². The molecular weight excluding hydrogens is 318 g/mol. The number of esters is 1. The summed E-state index contributed by atoms with van der Waals surface area (Å²) in [5.41, 5.74) is 2.82. The summed E-state index contributed by atoms with van der Waals surface area (Å²) in [7, 11) is 1.41. The van der Waals surface area contributed by atoms with Crippen LogP contribution in [0.2, 0.25) is 0 Å². The Balaban J connectivity index is 1.66. The molecule has 7 nitrogen and oxygen atoms in total. The first kappa shape index (κ1) is 16.9. The molecule has 0 spiro atoms. The summed E-state index contributed by atoms with van der Waals surface area (Å²) < 4.78 is 8.40. The van der Waals surface area contributed by atoms with Gasteiger partial charge in [-0.1, -0.05) is 30.3 Å². The third-order valence-corrected chi connectivity index (χ3v) is 4.07. The second-order valence-corrected chi connectivity index (χ2v) is 5.87. The maximum absolute atomic E-state index is 11.7. The summed E-state index contributed by atoms with van der Waals surface area (Å²) in [4.78, 5) is 11.7. The zero-order chi connectivity index (χ0) is 17.6. The van der Waals surface area contributed by atoms with Crippen LogP contribution in [0, 0.1) is 5.92 Å². The Bertz CT molecular complexity index is 825. The molecule has 1 atom stereocenters. The molecule has 130 valence electrons. The van der Waals surface area contributed by atoms with E-state index in [4.69, 9.17) is 4.74 Å². The van der Waals surface area contributed by atoms with Gasteiger partial charge in [-0.2, -0.15) is 5.10 Å². The average molecular weight is 339 g/mol. The largest absolute Gasteiger partial charge is 0.469 e. The summed E-state index contributed by atoms with van der Waals surface area (Å²) in [5.74, 6) is -0.392. The Hall–Kier alpha value is -2.96. The standard InChI is InChI=1S/C18H21N5O2/c1-3-15(18(24)25-2)9-16-13-22(21-20-16)11-14-10-19-23(12-14)17-7-5-4-6-8-17/h4-8,10,12-13,15H,3,9,11H2,1-2H3. The summed E-state index contributed by atoms with van der Waals surface area (Å²) in [6.07, 6.45) is 6.90. The van der Waals surface area contributed by atoms with Gasteiger partial charge in [0.05, 0.1) is 37.2 Å². The van der Waals surface area contributed by atoms with Gasteiger partial charge < -0.3 is 4.74 Å². The molecule has 0 aliphatic rings. The highest BCUT2D eigenvalue weighted by Gasteiger charge is 2.19. The first-order chi connectivity index (χ1) is 12.2. The topological polar surface area (TPSA) is 74.8 Å². The zero-order valence-electron chi connectivity index (χ0n) is 14.4. The number of hydrogen-bond donors (Lipinski definition) is 0. The van der Waals surface area contributed by atoms with E-state index in [1.165, 1.54) is 7.11 Å². The normalized spacial score (nSPS) is 12.1. The number of nitrogens with zero attached hydrogens (tertiary/aromatic N) is 5. The minimum atomic E-state index is -0.207. The molecule has 1 aromatic carbocycles. The van der Waals surface area contributed by atoms with E-state index in [1.54, 1.807) is 4.68 Å². The van der Waals surface area contributed by atoms with Crippen molar-refractivity contribution in [1.29, 1.82) is 0 Å². The smallest absolute Gasteiger partial charge is 0.309 e. The predicted molar refractivity (Wildman–Crippen MR) is 92.2 cm³/mol. The molecule has 0 saturated heterocycles. The van der Waals surface area contributed by atoms with Gasteiger partial charge in [-0.05, 0) is 18.6 Å². The lowest BCUT2D eigenvalue weighted by molar-refractivity contribution is -0.145. The molecule has 0 N–H and O–H groups in total. The van der Waals surface area contributed by atoms with Crippen LogP contribution in [0.25, 0.3) is 5.69 Å². The van der Waals surface area contributed by atoms with Crippen molar-refractivity contribution in [3.05, 3.63) is 60.2 Å². The Kier molecular flexibility index (Phi) is 5.23. The molecule has 0 amide bonds. The van der Waals surface area contributed by atoms with Crippen LogP contribution >= 0.6 is 0 Å². The number of para-hydroxylation sites is 1. The van der Waals surface area contributed by atoms with Crippen molar-refractivity contribution in [2.24, 2.45) is 5.92 Å². The number of rotatable bonds is 7. The van der Waals surface area contributed by atoms with Crippen LogP contribution in [0.1, 0.15) is 24.6 Å². The van der Waals surface area contributed by atoms with Crippen molar-refractivity contribution in [1.82, 2.24) is 24.8 Å². The highest BCUT2D eigenvalue weighted by atomic mass is 16.5. The zero-order valence-corrected chi connectivity index (χ0v) is 14.4. The second kappa shape index (κ2) is 7.74. The van der Waals surface area contributed by atoms with Gasteiger partial charge in [-0.3, -0.25) is 4.79 Å². The number of carbonyl (C=O) groups excluding carboxylic acids is 1. The summed E-state index contributed by atoms with van der Waals surface area (Å²) in [6, 6.07) is 9.94. The summed E-state index contributed by atoms with van der Waals surface area (Å²) in [5, 5.41) is 12.7. The Morgan fingerprint density at radius 2 is 2.04 bits per heavy atom. The highest BCUT2D eigenvalue weighted by Crippen LogP contribution is 2.13. The number of hydrogen-bond acceptors (Lipinski definition) is 5. The van der Waals surface area contributed by atoms with Crippen molar-refractivity contribution >= 4 is 5.97 Å². The monoisotopic (exact) mass is 339 g/mol. The van der Waals surface area contributed by atoms with Crippen LogP contribution in [-0.2, 0) is 22.5 Å². The molecular formula is C18H21N5O2. The minimum Gasteiger partial charge on any atom is -0.469 e. The van der Waals surface area contributed by atoms with Crippen LogP contribution in [0.5, 0.6) is 0 Å². The van der Waals surface area contributed by atoms with Gasteiger partial charge in [-0.25, -0.2) is 9.36 Å². The van der Waals surface area contributed by atoms with Gasteiger partial charge in [0.2, 0.25) is 0 Å². The Morgan fingerprint density at radius 1 is 1.24 bits per heavy atom. The minimum absolute atomic E-state index is 0.184. The molecule has 0 bridgehead atoms. The lowest BCUT2D eigenvalue weighted by Crippen LogP contribution is -2.18. The first-order valence-electron chi connectivity index (χ1n) is 8.25. The average Bonchev–Trinajstić information content (AvgIpc) is 3.29. The number of ether oxygens (including phenoxy) is 1. The van der Waals surface area contributed by atoms with E-state index >= 15 is 0 Å². The molecule has 3 rings (SSSR count). The molecule has 0 radical (unpaired) electrons. The van der Waals surface area contributed by atoms with E-state index in [0.717, 1.165) is 16.9 Å². The van der Waals surface area contributed by atoms with E-state index in [-0.39, 0.29) is 11.9 Å². The van der Waals surface area contributed by atoms with Crippen molar-refractivity contribution in [2.75, 3.05) is 7.11 Å². The Morgan fingerprint density at radius 3 is 2.76 bits per heavy atom. The van der Waals surface area contributed by atoms with Gasteiger partial charge in [0.1, 0.15) is 0 Å². The molecule has 2 aromatic heterocycles. The second-order valence-electron chi connectivity index (χ2n) is 5.87. The molecule has 0 aliphatic heterocycles. The lowest BCUT2D eigenvalue weighted by atomic mass is 10.0. The fourth-order valence-electron chi connectivity index (χ4n) is 2.67. The van der Waals surface area contributed by atoms with Gasteiger partial charge >= 0.3 is 5.97 Å². The van der Waals surface area contributed by atoms with Gasteiger partial charge in [0.15, 0.2) is 0 Å². The van der Waals surface area contributed by atoms with E-state index in [1.807, 2.05) is 60.5 Å². The molecule has 0 saturated carbocycles. The lowest BCUT2D eigenvalue weighted by Gasteiger charge is -2.09. The maximum Gasteiger partial charge on any atom is 0.309 e. The fourth-order valence-corrected chi connectivity index (χ4v) is 2.67. The molecule has 0 fully saturated rings. The molecule has 25 heavy (non-hydrogen) atoms.